The number of amides is 3. The van der Waals surface area contributed by atoms with Gasteiger partial charge in [-0.25, -0.2) is 0 Å². The summed E-state index contributed by atoms with van der Waals surface area (Å²) in [6, 6.07) is 0. The van der Waals surface area contributed by atoms with Crippen LogP contribution in [0.1, 0.15) is 97.3 Å². The van der Waals surface area contributed by atoms with Crippen LogP contribution < -0.4 is 0 Å². The lowest BCUT2D eigenvalue weighted by Crippen LogP contribution is -2.34. The van der Waals surface area contributed by atoms with Gasteiger partial charge < -0.3 is 14.7 Å². The molecule has 0 rings (SSSR count). The van der Waals surface area contributed by atoms with E-state index >= 15 is 0 Å². The zero-order chi connectivity index (χ0) is 22.8. The monoisotopic (exact) mass is 425 g/mol. The van der Waals surface area contributed by atoms with Crippen molar-refractivity contribution in [3.8, 4) is 0 Å². The molecule has 0 heterocycles. The predicted octanol–water partition coefficient (Wildman–Crippen LogP) is 4.47. The van der Waals surface area contributed by atoms with Crippen molar-refractivity contribution in [2.45, 2.75) is 97.3 Å². The smallest absolute Gasteiger partial charge is 0.224 e. The topological polar surface area (TPSA) is 60.9 Å². The summed E-state index contributed by atoms with van der Waals surface area (Å²) < 4.78 is 0. The third-order valence-electron chi connectivity index (χ3n) is 5.69. The summed E-state index contributed by atoms with van der Waals surface area (Å²) in [5.41, 5.74) is 0. The van der Waals surface area contributed by atoms with E-state index in [4.69, 9.17) is 0 Å². The van der Waals surface area contributed by atoms with Crippen LogP contribution in [0.4, 0.5) is 0 Å². The lowest BCUT2D eigenvalue weighted by Gasteiger charge is -2.21. The molecule has 0 aliphatic heterocycles. The van der Waals surface area contributed by atoms with Gasteiger partial charge in [0.1, 0.15) is 0 Å². The van der Waals surface area contributed by atoms with Crippen LogP contribution in [0.5, 0.6) is 0 Å². The van der Waals surface area contributed by atoms with Gasteiger partial charge in [0.05, 0.1) is 0 Å². The Hall–Kier alpha value is -1.59. The SMILES string of the molecule is CCCCCCCN(C)C(=O)CCC(=O)N(C)CCC(=O)N(C)CCCCCCC. The second kappa shape index (κ2) is 18.2. The zero-order valence-electron chi connectivity index (χ0n) is 20.4. The average Bonchev–Trinajstić information content (AvgIpc) is 2.74. The normalized spacial score (nSPS) is 10.7. The molecule has 6 nitrogen and oxygen atoms in total. The van der Waals surface area contributed by atoms with Gasteiger partial charge in [-0.2, -0.15) is 0 Å². The van der Waals surface area contributed by atoms with Crippen LogP contribution >= 0.6 is 0 Å². The molecule has 176 valence electrons. The molecule has 0 aromatic heterocycles. The molecular weight excluding hydrogens is 378 g/mol. The number of rotatable bonds is 18. The number of unbranched alkanes of at least 4 members (excludes halogenated alkanes) is 8. The van der Waals surface area contributed by atoms with Crippen molar-refractivity contribution in [1.82, 2.24) is 14.7 Å². The van der Waals surface area contributed by atoms with Gasteiger partial charge in [0.2, 0.25) is 17.7 Å². The van der Waals surface area contributed by atoms with Crippen molar-refractivity contribution in [2.24, 2.45) is 0 Å². The van der Waals surface area contributed by atoms with Gasteiger partial charge in [0, 0.05) is 60.0 Å². The molecule has 0 spiro atoms. The number of nitrogens with zero attached hydrogens (tertiary/aromatic N) is 3. The fraction of sp³-hybridized carbons (Fsp3) is 0.875. The van der Waals surface area contributed by atoms with Crippen LogP contribution in [0, 0.1) is 0 Å². The lowest BCUT2D eigenvalue weighted by molar-refractivity contribution is -0.136. The number of carbonyl (C=O) groups excluding carboxylic acids is 3. The van der Waals surface area contributed by atoms with E-state index in [2.05, 4.69) is 13.8 Å². The number of carbonyl (C=O) groups is 3. The first-order valence-corrected chi connectivity index (χ1v) is 12.0. The summed E-state index contributed by atoms with van der Waals surface area (Å²) >= 11 is 0. The highest BCUT2D eigenvalue weighted by Gasteiger charge is 2.16. The highest BCUT2D eigenvalue weighted by molar-refractivity contribution is 5.84. The maximum atomic E-state index is 12.3. The molecule has 0 N–H and O–H groups in total. The van der Waals surface area contributed by atoms with E-state index in [1.165, 1.54) is 38.5 Å². The maximum Gasteiger partial charge on any atom is 0.224 e. The Morgan fingerprint density at radius 3 is 1.20 bits per heavy atom. The molecule has 0 saturated carbocycles. The summed E-state index contributed by atoms with van der Waals surface area (Å²) in [6.07, 6.45) is 12.5. The zero-order valence-corrected chi connectivity index (χ0v) is 20.4. The Bertz CT molecular complexity index is 482. The molecule has 0 aliphatic carbocycles. The van der Waals surface area contributed by atoms with E-state index in [1.54, 1.807) is 21.7 Å². The van der Waals surface area contributed by atoms with Crippen molar-refractivity contribution < 1.29 is 14.4 Å². The fourth-order valence-corrected chi connectivity index (χ4v) is 3.33. The molecule has 0 atom stereocenters. The Morgan fingerprint density at radius 2 is 0.800 bits per heavy atom. The molecule has 0 saturated heterocycles. The summed E-state index contributed by atoms with van der Waals surface area (Å²) in [5.74, 6) is 0.0184. The highest BCUT2D eigenvalue weighted by atomic mass is 16.2. The van der Waals surface area contributed by atoms with Crippen molar-refractivity contribution in [1.29, 1.82) is 0 Å². The number of hydrogen-bond acceptors (Lipinski definition) is 3. The molecule has 6 heteroatoms. The molecule has 0 radical (unpaired) electrons. The molecular formula is C24H47N3O3. The second-order valence-corrected chi connectivity index (χ2v) is 8.52. The summed E-state index contributed by atoms with van der Waals surface area (Å²) in [7, 11) is 5.36. The molecule has 3 amide bonds. The van der Waals surface area contributed by atoms with Gasteiger partial charge in [-0.05, 0) is 12.8 Å². The molecule has 0 bridgehead atoms. The molecule has 0 aromatic carbocycles. The van der Waals surface area contributed by atoms with Crippen molar-refractivity contribution in [2.75, 3.05) is 40.8 Å². The van der Waals surface area contributed by atoms with Gasteiger partial charge in [-0.1, -0.05) is 65.2 Å². The predicted molar refractivity (Wildman–Crippen MR) is 124 cm³/mol. The van der Waals surface area contributed by atoms with E-state index in [0.29, 0.717) is 13.0 Å². The molecule has 0 unspecified atom stereocenters. The largest absolute Gasteiger partial charge is 0.346 e. The van der Waals surface area contributed by atoms with Gasteiger partial charge in [-0.3, -0.25) is 14.4 Å². The Balaban J connectivity index is 3.98. The second-order valence-electron chi connectivity index (χ2n) is 8.52. The lowest BCUT2D eigenvalue weighted by atomic mass is 10.1. The van der Waals surface area contributed by atoms with Crippen LogP contribution in [-0.4, -0.2) is 73.2 Å². The molecule has 0 aliphatic rings. The van der Waals surface area contributed by atoms with E-state index in [1.807, 2.05) is 14.1 Å². The van der Waals surface area contributed by atoms with Gasteiger partial charge in [0.25, 0.3) is 0 Å². The first-order valence-electron chi connectivity index (χ1n) is 12.0. The minimum absolute atomic E-state index is 0.0196. The van der Waals surface area contributed by atoms with E-state index < -0.39 is 0 Å². The van der Waals surface area contributed by atoms with Crippen LogP contribution in [-0.2, 0) is 14.4 Å². The summed E-state index contributed by atoms with van der Waals surface area (Å²) in [4.78, 5) is 41.8. The standard InChI is InChI=1S/C24H47N3O3/c1-6-8-10-12-14-19-25(3)22(28)16-17-23(29)27(5)21-18-24(30)26(4)20-15-13-11-9-7-2/h6-21H2,1-5H3. The molecule has 30 heavy (non-hydrogen) atoms. The third-order valence-corrected chi connectivity index (χ3v) is 5.69. The van der Waals surface area contributed by atoms with Crippen molar-refractivity contribution in [3.63, 3.8) is 0 Å². The Morgan fingerprint density at radius 1 is 0.467 bits per heavy atom. The van der Waals surface area contributed by atoms with Gasteiger partial charge in [0.15, 0.2) is 0 Å². The first kappa shape index (κ1) is 28.4. The van der Waals surface area contributed by atoms with Gasteiger partial charge in [-0.15, -0.1) is 0 Å². The minimum Gasteiger partial charge on any atom is -0.346 e. The number of hydrogen-bond donors (Lipinski definition) is 0. The molecule has 0 fully saturated rings. The maximum absolute atomic E-state index is 12.3. The minimum atomic E-state index is -0.0743. The van der Waals surface area contributed by atoms with Crippen LogP contribution in [0.2, 0.25) is 0 Å². The third kappa shape index (κ3) is 14.4. The van der Waals surface area contributed by atoms with Crippen molar-refractivity contribution in [3.05, 3.63) is 0 Å². The van der Waals surface area contributed by atoms with Crippen LogP contribution in [0.3, 0.4) is 0 Å². The van der Waals surface area contributed by atoms with E-state index in [-0.39, 0.29) is 30.6 Å². The molecule has 0 aromatic rings. The quantitative estimate of drug-likeness (QED) is 0.304. The van der Waals surface area contributed by atoms with Crippen LogP contribution in [0.25, 0.3) is 0 Å². The Labute approximate surface area is 185 Å². The van der Waals surface area contributed by atoms with Crippen LogP contribution in [0.15, 0.2) is 0 Å². The highest BCUT2D eigenvalue weighted by Crippen LogP contribution is 2.07. The average molecular weight is 426 g/mol. The summed E-state index contributed by atoms with van der Waals surface area (Å²) in [6.45, 7) is 6.31. The summed E-state index contributed by atoms with van der Waals surface area (Å²) in [5, 5.41) is 0. The van der Waals surface area contributed by atoms with Gasteiger partial charge >= 0.3 is 0 Å². The van der Waals surface area contributed by atoms with E-state index in [0.717, 1.165) is 38.8 Å². The van der Waals surface area contributed by atoms with Crippen molar-refractivity contribution >= 4 is 17.7 Å². The fourth-order valence-electron chi connectivity index (χ4n) is 3.33. The first-order chi connectivity index (χ1) is 14.3. The van der Waals surface area contributed by atoms with E-state index in [9.17, 15) is 14.4 Å². The Kier molecular flexibility index (Phi) is 17.2.